The summed E-state index contributed by atoms with van der Waals surface area (Å²) in [6.07, 6.45) is -1.01. The molecule has 1 aromatic rings. The molecule has 24 heavy (non-hydrogen) atoms. The van der Waals surface area contributed by atoms with Gasteiger partial charge in [-0.15, -0.1) is 11.3 Å². The number of thiophene rings is 1. The second kappa shape index (κ2) is 7.27. The van der Waals surface area contributed by atoms with Gasteiger partial charge in [0.1, 0.15) is 17.7 Å². The van der Waals surface area contributed by atoms with Gasteiger partial charge in [-0.25, -0.2) is 4.79 Å². The maximum atomic E-state index is 12.0. The van der Waals surface area contributed by atoms with Crippen LogP contribution in [0.5, 0.6) is 0 Å². The van der Waals surface area contributed by atoms with E-state index in [0.717, 1.165) is 5.56 Å². The van der Waals surface area contributed by atoms with E-state index in [2.05, 4.69) is 10.0 Å². The predicted molar refractivity (Wildman–Crippen MR) is 87.2 cm³/mol. The van der Waals surface area contributed by atoms with Gasteiger partial charge in [-0.05, 0) is 10.9 Å². The van der Waals surface area contributed by atoms with Crippen LogP contribution in [-0.2, 0) is 20.8 Å². The number of halogens is 1. The first-order valence-electron chi connectivity index (χ1n) is 7.20. The number of nitrogens with zero attached hydrogens (tertiary/aromatic N) is 5. The Morgan fingerprint density at radius 1 is 1.50 bits per heavy atom. The van der Waals surface area contributed by atoms with E-state index in [4.69, 9.17) is 26.6 Å². The van der Waals surface area contributed by atoms with E-state index >= 15 is 0 Å². The van der Waals surface area contributed by atoms with Crippen molar-refractivity contribution < 1.29 is 19.1 Å². The van der Waals surface area contributed by atoms with Gasteiger partial charge in [0.25, 0.3) is 0 Å². The number of carbonyl (C=O) groups excluding carboxylic acids is 2. The minimum atomic E-state index is -0.522. The number of amides is 2. The van der Waals surface area contributed by atoms with Crippen molar-refractivity contribution in [2.45, 2.75) is 12.6 Å². The molecule has 2 aliphatic rings. The SMILES string of the molecule is [N-]=[N+]=NC[C@H]1CN(c2scc(CN3CCOCC3=O)c2Cl)C(=O)O1. The molecule has 2 saturated heterocycles. The van der Waals surface area contributed by atoms with E-state index in [-0.39, 0.29) is 25.6 Å². The fourth-order valence-corrected chi connectivity index (χ4v) is 3.86. The van der Waals surface area contributed by atoms with Gasteiger partial charge >= 0.3 is 6.09 Å². The van der Waals surface area contributed by atoms with Crippen molar-refractivity contribution in [2.75, 3.05) is 37.7 Å². The first-order valence-corrected chi connectivity index (χ1v) is 8.46. The lowest BCUT2D eigenvalue weighted by Gasteiger charge is -2.26. The smallest absolute Gasteiger partial charge is 0.415 e. The zero-order valence-electron chi connectivity index (χ0n) is 12.6. The van der Waals surface area contributed by atoms with Gasteiger partial charge in [0.05, 0.1) is 24.7 Å². The van der Waals surface area contributed by atoms with Crippen molar-refractivity contribution >= 4 is 39.9 Å². The quantitative estimate of drug-likeness (QED) is 0.449. The van der Waals surface area contributed by atoms with Crippen molar-refractivity contribution in [2.24, 2.45) is 5.11 Å². The molecule has 0 unspecified atom stereocenters. The molecule has 2 fully saturated rings. The molecule has 3 rings (SSSR count). The molecular formula is C13H14ClN5O4S. The fourth-order valence-electron chi connectivity index (χ4n) is 2.49. The van der Waals surface area contributed by atoms with Gasteiger partial charge in [-0.1, -0.05) is 16.7 Å². The molecule has 0 radical (unpaired) electrons. The van der Waals surface area contributed by atoms with Crippen molar-refractivity contribution in [3.63, 3.8) is 0 Å². The lowest BCUT2D eigenvalue weighted by Crippen LogP contribution is -2.40. The van der Waals surface area contributed by atoms with Gasteiger partial charge in [0.15, 0.2) is 0 Å². The molecule has 1 atom stereocenters. The Balaban J connectivity index is 1.71. The van der Waals surface area contributed by atoms with E-state index in [1.807, 2.05) is 5.38 Å². The van der Waals surface area contributed by atoms with Gasteiger partial charge < -0.3 is 14.4 Å². The highest BCUT2D eigenvalue weighted by molar-refractivity contribution is 7.15. The third-order valence-electron chi connectivity index (χ3n) is 3.70. The molecule has 2 amide bonds. The summed E-state index contributed by atoms with van der Waals surface area (Å²) in [6.45, 7) is 1.82. The van der Waals surface area contributed by atoms with Crippen molar-refractivity contribution in [1.29, 1.82) is 0 Å². The minimum Gasteiger partial charge on any atom is -0.444 e. The number of anilines is 1. The largest absolute Gasteiger partial charge is 0.444 e. The second-order valence-corrected chi connectivity index (χ2v) is 6.51. The third-order valence-corrected chi connectivity index (χ3v) is 5.28. The number of azide groups is 1. The van der Waals surface area contributed by atoms with Gasteiger partial charge in [-0.3, -0.25) is 9.69 Å². The highest BCUT2D eigenvalue weighted by atomic mass is 35.5. The zero-order valence-corrected chi connectivity index (χ0v) is 14.1. The van der Waals surface area contributed by atoms with Crippen molar-refractivity contribution in [3.8, 4) is 0 Å². The Morgan fingerprint density at radius 3 is 3.08 bits per heavy atom. The average Bonchev–Trinajstić information content (AvgIpc) is 3.11. The maximum absolute atomic E-state index is 12.0. The summed E-state index contributed by atoms with van der Waals surface area (Å²) in [5.74, 6) is -0.0833. The Hall–Kier alpha value is -2.00. The summed E-state index contributed by atoms with van der Waals surface area (Å²) >= 11 is 7.71. The van der Waals surface area contributed by atoms with E-state index < -0.39 is 12.2 Å². The molecule has 11 heteroatoms. The molecular weight excluding hydrogens is 358 g/mol. The van der Waals surface area contributed by atoms with Crippen LogP contribution in [0.15, 0.2) is 10.5 Å². The zero-order chi connectivity index (χ0) is 17.1. The number of cyclic esters (lactones) is 1. The van der Waals surface area contributed by atoms with Crippen LogP contribution >= 0.6 is 22.9 Å². The normalized spacial score (nSPS) is 21.0. The minimum absolute atomic E-state index is 0.0775. The third kappa shape index (κ3) is 3.41. The highest BCUT2D eigenvalue weighted by Crippen LogP contribution is 2.38. The van der Waals surface area contributed by atoms with E-state index in [1.54, 1.807) is 4.90 Å². The van der Waals surface area contributed by atoms with Gasteiger partial charge in [-0.2, -0.15) is 0 Å². The monoisotopic (exact) mass is 371 g/mol. The van der Waals surface area contributed by atoms with E-state index in [9.17, 15) is 9.59 Å². The van der Waals surface area contributed by atoms with Crippen LogP contribution in [0.3, 0.4) is 0 Å². The highest BCUT2D eigenvalue weighted by Gasteiger charge is 2.34. The molecule has 0 aliphatic carbocycles. The Bertz CT molecular complexity index is 705. The number of morpholine rings is 1. The molecule has 0 spiro atoms. The van der Waals surface area contributed by atoms with Crippen molar-refractivity contribution in [1.82, 2.24) is 4.90 Å². The van der Waals surface area contributed by atoms with Crippen molar-refractivity contribution in [3.05, 3.63) is 26.4 Å². The van der Waals surface area contributed by atoms with Crippen LogP contribution in [0.25, 0.3) is 10.4 Å². The summed E-state index contributed by atoms with van der Waals surface area (Å²) in [5, 5.41) is 6.25. The molecule has 0 saturated carbocycles. The lowest BCUT2D eigenvalue weighted by atomic mass is 10.2. The summed E-state index contributed by atoms with van der Waals surface area (Å²) in [5.41, 5.74) is 9.12. The Labute approximate surface area is 146 Å². The van der Waals surface area contributed by atoms with Gasteiger partial charge in [0, 0.05) is 23.6 Å². The molecule has 128 valence electrons. The molecule has 9 nitrogen and oxygen atoms in total. The summed E-state index contributed by atoms with van der Waals surface area (Å²) in [4.78, 5) is 29.6. The number of hydrogen-bond acceptors (Lipinski definition) is 6. The van der Waals surface area contributed by atoms with Crippen LogP contribution < -0.4 is 4.90 Å². The van der Waals surface area contributed by atoms with Crippen LogP contribution in [-0.4, -0.2) is 55.9 Å². The predicted octanol–water partition coefficient (Wildman–Crippen LogP) is 2.40. The summed E-state index contributed by atoms with van der Waals surface area (Å²) in [6, 6.07) is 0. The fraction of sp³-hybridized carbons (Fsp3) is 0.538. The number of rotatable bonds is 5. The van der Waals surface area contributed by atoms with Crippen LogP contribution in [0, 0.1) is 0 Å². The standard InChI is InChI=1S/C13H14ClN5O4S/c14-11-8(4-18-1-2-22-6-10(18)20)7-24-12(11)19-5-9(3-16-17-15)23-13(19)21/h7,9H,1-6H2/t9-/m0/s1. The van der Waals surface area contributed by atoms with Crippen LogP contribution in [0.4, 0.5) is 9.80 Å². The first kappa shape index (κ1) is 16.8. The second-order valence-electron chi connectivity index (χ2n) is 5.28. The van der Waals surface area contributed by atoms with Crippen LogP contribution in [0.1, 0.15) is 5.56 Å². The topological polar surface area (TPSA) is 108 Å². The van der Waals surface area contributed by atoms with Gasteiger partial charge in [0.2, 0.25) is 5.91 Å². The molecule has 0 N–H and O–H groups in total. The maximum Gasteiger partial charge on any atom is 0.415 e. The lowest BCUT2D eigenvalue weighted by molar-refractivity contribution is -0.143. The Kier molecular flexibility index (Phi) is 5.10. The van der Waals surface area contributed by atoms with E-state index in [0.29, 0.717) is 29.7 Å². The molecule has 3 heterocycles. The summed E-state index contributed by atoms with van der Waals surface area (Å²) in [7, 11) is 0. The molecule has 2 aliphatic heterocycles. The number of hydrogen-bond donors (Lipinski definition) is 0. The Morgan fingerprint density at radius 2 is 2.33 bits per heavy atom. The average molecular weight is 372 g/mol. The first-order chi connectivity index (χ1) is 11.6. The molecule has 1 aromatic heterocycles. The molecule has 0 bridgehead atoms. The number of carbonyl (C=O) groups is 2. The van der Waals surface area contributed by atoms with E-state index in [1.165, 1.54) is 16.2 Å². The number of ether oxygens (including phenoxy) is 2. The van der Waals surface area contributed by atoms with Crippen LogP contribution in [0.2, 0.25) is 5.02 Å². The summed E-state index contributed by atoms with van der Waals surface area (Å²) < 4.78 is 10.2. The molecule has 0 aromatic carbocycles.